The van der Waals surface area contributed by atoms with E-state index in [-0.39, 0.29) is 0 Å². The van der Waals surface area contributed by atoms with Crippen molar-refractivity contribution in [3.8, 4) is 0 Å². The third-order valence-electron chi connectivity index (χ3n) is 3.31. The predicted octanol–water partition coefficient (Wildman–Crippen LogP) is 3.71. The van der Waals surface area contributed by atoms with Crippen LogP contribution in [-0.2, 0) is 6.42 Å². The molecule has 0 radical (unpaired) electrons. The van der Waals surface area contributed by atoms with Gasteiger partial charge in [0.15, 0.2) is 0 Å². The molecule has 1 aromatic heterocycles. The molecule has 0 saturated heterocycles. The Morgan fingerprint density at radius 2 is 1.89 bits per heavy atom. The van der Waals surface area contributed by atoms with Crippen LogP contribution in [-0.4, -0.2) is 20.6 Å². The number of anilines is 1. The zero-order valence-electron chi connectivity index (χ0n) is 11.9. The molecular weight excluding hydrogens is 252 g/mol. The summed E-state index contributed by atoms with van der Waals surface area (Å²) in [5, 5.41) is 5.72. The first-order valence-corrected chi connectivity index (χ1v) is 7.58. The van der Waals surface area contributed by atoms with Crippen LogP contribution in [0.2, 0.25) is 0 Å². The molecule has 0 bridgehead atoms. The van der Waals surface area contributed by atoms with E-state index in [0.29, 0.717) is 6.04 Å². The minimum Gasteiger partial charge on any atom is -0.378 e. The average molecular weight is 274 g/mol. The van der Waals surface area contributed by atoms with E-state index in [1.807, 2.05) is 11.3 Å². The van der Waals surface area contributed by atoms with Crippen LogP contribution >= 0.6 is 11.3 Å². The first-order valence-electron chi connectivity index (χ1n) is 6.70. The van der Waals surface area contributed by atoms with Gasteiger partial charge in [-0.25, -0.2) is 0 Å². The molecule has 1 heterocycles. The fourth-order valence-corrected chi connectivity index (χ4v) is 2.75. The molecule has 2 nitrogen and oxygen atoms in total. The monoisotopic (exact) mass is 274 g/mol. The molecule has 0 aliphatic rings. The molecular formula is C16H22N2S. The summed E-state index contributed by atoms with van der Waals surface area (Å²) >= 11 is 1.83. The molecule has 19 heavy (non-hydrogen) atoms. The highest BCUT2D eigenvalue weighted by Gasteiger charge is 2.05. The molecule has 102 valence electrons. The highest BCUT2D eigenvalue weighted by Crippen LogP contribution is 2.17. The van der Waals surface area contributed by atoms with Crippen LogP contribution in [0.25, 0.3) is 0 Å². The van der Waals surface area contributed by atoms with Crippen molar-refractivity contribution in [2.75, 3.05) is 25.5 Å². The van der Waals surface area contributed by atoms with E-state index >= 15 is 0 Å². The second kappa shape index (κ2) is 6.73. The van der Waals surface area contributed by atoms with Gasteiger partial charge in [-0.2, -0.15) is 0 Å². The molecule has 1 aromatic carbocycles. The van der Waals surface area contributed by atoms with Gasteiger partial charge in [-0.15, -0.1) is 11.3 Å². The Hall–Kier alpha value is -1.32. The van der Waals surface area contributed by atoms with E-state index < -0.39 is 0 Å². The minimum absolute atomic E-state index is 0.399. The summed E-state index contributed by atoms with van der Waals surface area (Å²) in [7, 11) is 4.13. The van der Waals surface area contributed by atoms with E-state index in [1.165, 1.54) is 16.1 Å². The third kappa shape index (κ3) is 4.08. The maximum Gasteiger partial charge on any atom is 0.0361 e. The molecule has 0 aliphatic carbocycles. The molecule has 0 fully saturated rings. The van der Waals surface area contributed by atoms with Crippen LogP contribution in [0.3, 0.4) is 0 Å². The molecule has 1 unspecified atom stereocenters. The van der Waals surface area contributed by atoms with E-state index in [4.69, 9.17) is 0 Å². The van der Waals surface area contributed by atoms with Gasteiger partial charge in [-0.3, -0.25) is 0 Å². The van der Waals surface area contributed by atoms with Crippen LogP contribution in [0.4, 0.5) is 5.69 Å². The number of thiophene rings is 1. The van der Waals surface area contributed by atoms with Gasteiger partial charge in [0, 0.05) is 37.2 Å². The Morgan fingerprint density at radius 3 is 2.47 bits per heavy atom. The summed E-state index contributed by atoms with van der Waals surface area (Å²) in [6, 6.07) is 13.5. The second-order valence-corrected chi connectivity index (χ2v) is 6.02. The number of hydrogen-bond donors (Lipinski definition) is 1. The molecule has 1 N–H and O–H groups in total. The van der Waals surface area contributed by atoms with Gasteiger partial charge in [0.05, 0.1) is 0 Å². The molecule has 0 amide bonds. The van der Waals surface area contributed by atoms with E-state index in [2.05, 4.69) is 73.0 Å². The number of rotatable bonds is 6. The van der Waals surface area contributed by atoms with Crippen molar-refractivity contribution in [1.82, 2.24) is 5.32 Å². The standard InChI is InChI=1S/C16H22N2S/c1-13(17-11-10-16-5-4-12-19-16)14-6-8-15(9-7-14)18(2)3/h4-9,12-13,17H,10-11H2,1-3H3. The Morgan fingerprint density at radius 1 is 1.16 bits per heavy atom. The van der Waals surface area contributed by atoms with Crippen LogP contribution in [0.1, 0.15) is 23.4 Å². The summed E-state index contributed by atoms with van der Waals surface area (Å²) < 4.78 is 0. The van der Waals surface area contributed by atoms with Crippen molar-refractivity contribution in [3.05, 3.63) is 52.2 Å². The normalized spacial score (nSPS) is 12.4. The Kier molecular flexibility index (Phi) is 5.00. The molecule has 2 rings (SSSR count). The van der Waals surface area contributed by atoms with Gasteiger partial charge in [0.2, 0.25) is 0 Å². The highest BCUT2D eigenvalue weighted by molar-refractivity contribution is 7.09. The molecule has 3 heteroatoms. The highest BCUT2D eigenvalue weighted by atomic mass is 32.1. The van der Waals surface area contributed by atoms with Crippen LogP contribution < -0.4 is 10.2 Å². The topological polar surface area (TPSA) is 15.3 Å². The zero-order chi connectivity index (χ0) is 13.7. The Labute approximate surface area is 120 Å². The van der Waals surface area contributed by atoms with E-state index in [0.717, 1.165) is 13.0 Å². The van der Waals surface area contributed by atoms with Crippen molar-refractivity contribution in [3.63, 3.8) is 0 Å². The fourth-order valence-electron chi connectivity index (χ4n) is 2.05. The number of hydrogen-bond acceptors (Lipinski definition) is 3. The summed E-state index contributed by atoms with van der Waals surface area (Å²) in [5.41, 5.74) is 2.59. The smallest absolute Gasteiger partial charge is 0.0361 e. The van der Waals surface area contributed by atoms with Crippen molar-refractivity contribution in [2.45, 2.75) is 19.4 Å². The second-order valence-electron chi connectivity index (χ2n) is 4.99. The largest absolute Gasteiger partial charge is 0.378 e. The van der Waals surface area contributed by atoms with Gasteiger partial charge in [-0.05, 0) is 42.5 Å². The Balaban J connectivity index is 1.83. The van der Waals surface area contributed by atoms with E-state index in [1.54, 1.807) is 0 Å². The summed E-state index contributed by atoms with van der Waals surface area (Å²) in [6.45, 7) is 3.25. The maximum atomic E-state index is 3.58. The summed E-state index contributed by atoms with van der Waals surface area (Å²) in [4.78, 5) is 3.57. The Bertz CT molecular complexity index is 474. The van der Waals surface area contributed by atoms with Gasteiger partial charge in [0.1, 0.15) is 0 Å². The van der Waals surface area contributed by atoms with Crippen molar-refractivity contribution in [1.29, 1.82) is 0 Å². The molecule has 0 saturated carbocycles. The lowest BCUT2D eigenvalue weighted by atomic mass is 10.1. The van der Waals surface area contributed by atoms with E-state index in [9.17, 15) is 0 Å². The summed E-state index contributed by atoms with van der Waals surface area (Å²) in [6.07, 6.45) is 1.11. The van der Waals surface area contributed by atoms with Crippen LogP contribution in [0.15, 0.2) is 41.8 Å². The van der Waals surface area contributed by atoms with Crippen LogP contribution in [0, 0.1) is 0 Å². The first-order chi connectivity index (χ1) is 9.16. The third-order valence-corrected chi connectivity index (χ3v) is 4.25. The summed E-state index contributed by atoms with van der Waals surface area (Å²) in [5.74, 6) is 0. The quantitative estimate of drug-likeness (QED) is 0.864. The molecule has 0 spiro atoms. The van der Waals surface area contributed by atoms with Crippen LogP contribution in [0.5, 0.6) is 0 Å². The van der Waals surface area contributed by atoms with Gasteiger partial charge in [0.25, 0.3) is 0 Å². The van der Waals surface area contributed by atoms with Crippen molar-refractivity contribution >= 4 is 17.0 Å². The molecule has 1 atom stereocenters. The lowest BCUT2D eigenvalue weighted by Crippen LogP contribution is -2.21. The lowest BCUT2D eigenvalue weighted by molar-refractivity contribution is 0.578. The average Bonchev–Trinajstić information content (AvgIpc) is 2.92. The number of nitrogens with one attached hydrogen (secondary N) is 1. The van der Waals surface area contributed by atoms with Crippen molar-refractivity contribution < 1.29 is 0 Å². The SMILES string of the molecule is CC(NCCc1cccs1)c1ccc(N(C)C)cc1. The predicted molar refractivity (Wildman–Crippen MR) is 85.2 cm³/mol. The molecule has 2 aromatic rings. The lowest BCUT2D eigenvalue weighted by Gasteiger charge is -2.17. The van der Waals surface area contributed by atoms with Crippen molar-refractivity contribution in [2.24, 2.45) is 0 Å². The number of benzene rings is 1. The van der Waals surface area contributed by atoms with Gasteiger partial charge >= 0.3 is 0 Å². The molecule has 0 aliphatic heterocycles. The maximum absolute atomic E-state index is 3.58. The minimum atomic E-state index is 0.399. The van der Waals surface area contributed by atoms with Gasteiger partial charge < -0.3 is 10.2 Å². The number of nitrogens with zero attached hydrogens (tertiary/aromatic N) is 1. The first kappa shape index (κ1) is 14.1. The zero-order valence-corrected chi connectivity index (χ0v) is 12.7. The fraction of sp³-hybridized carbons (Fsp3) is 0.375. The van der Waals surface area contributed by atoms with Gasteiger partial charge in [-0.1, -0.05) is 18.2 Å².